The maximum Gasteiger partial charge on any atom is 0.310 e. The Kier molecular flexibility index (Phi) is 5.86. The monoisotopic (exact) mass is 516 g/mol. The van der Waals surface area contributed by atoms with Crippen molar-refractivity contribution >= 4 is 33.4 Å². The Balaban J connectivity index is 1.88. The molecule has 1 N–H and O–H groups in total. The van der Waals surface area contributed by atoms with Gasteiger partial charge in [-0.15, -0.1) is 0 Å². The summed E-state index contributed by atoms with van der Waals surface area (Å²) in [6.45, 7) is 3.09. The molecule has 0 atom stereocenters. The summed E-state index contributed by atoms with van der Waals surface area (Å²) in [4.78, 5) is 11.6. The summed E-state index contributed by atoms with van der Waals surface area (Å²) in [5, 5.41) is 7.46. The van der Waals surface area contributed by atoms with Gasteiger partial charge in [-0.2, -0.15) is 0 Å². The molecule has 33 heavy (non-hydrogen) atoms. The molecule has 0 radical (unpaired) electrons. The molecular formula is C20H19ClF6N2O3S. The van der Waals surface area contributed by atoms with E-state index in [4.69, 9.17) is 26.5 Å². The van der Waals surface area contributed by atoms with Gasteiger partial charge in [0.2, 0.25) is 0 Å². The van der Waals surface area contributed by atoms with E-state index in [2.05, 4.69) is 0 Å². The number of nitrogens with zero attached hydrogens (tertiary/aromatic N) is 1. The van der Waals surface area contributed by atoms with E-state index in [1.165, 1.54) is 11.0 Å². The lowest BCUT2D eigenvalue weighted by Crippen LogP contribution is -2.30. The highest BCUT2D eigenvalue weighted by Crippen LogP contribution is 3.02. The molecule has 2 aromatic rings. The fourth-order valence-electron chi connectivity index (χ4n) is 3.38. The number of ketones is 1. The second kappa shape index (κ2) is 7.73. The van der Waals surface area contributed by atoms with E-state index in [-0.39, 0.29) is 54.8 Å². The fourth-order valence-corrected chi connectivity index (χ4v) is 4.40. The summed E-state index contributed by atoms with van der Waals surface area (Å²) < 4.78 is 90.6. The molecule has 2 aromatic carbocycles. The molecule has 5 nitrogen and oxygen atoms in total. The van der Waals surface area contributed by atoms with E-state index >= 15 is 4.39 Å². The first-order chi connectivity index (χ1) is 15.1. The van der Waals surface area contributed by atoms with Gasteiger partial charge in [0.25, 0.3) is 0 Å². The third-order valence-corrected chi connectivity index (χ3v) is 6.25. The zero-order valence-electron chi connectivity index (χ0n) is 17.4. The van der Waals surface area contributed by atoms with Gasteiger partial charge in [-0.05, 0) is 43.7 Å². The van der Waals surface area contributed by atoms with Crippen molar-refractivity contribution < 1.29 is 38.1 Å². The number of carbonyl (C=O) groups is 1. The molecule has 0 bridgehead atoms. The van der Waals surface area contributed by atoms with E-state index in [9.17, 15) is 24.2 Å². The molecule has 1 aliphatic rings. The molecule has 1 aliphatic heterocycles. The van der Waals surface area contributed by atoms with Crippen LogP contribution in [0.2, 0.25) is 5.02 Å². The minimum atomic E-state index is -9.96. The van der Waals surface area contributed by atoms with Gasteiger partial charge in [0, 0.05) is 12.1 Å². The van der Waals surface area contributed by atoms with E-state index in [1.54, 1.807) is 13.8 Å². The molecule has 0 aliphatic carbocycles. The van der Waals surface area contributed by atoms with Crippen LogP contribution in [0.15, 0.2) is 29.2 Å². The van der Waals surface area contributed by atoms with Gasteiger partial charge in [0.1, 0.15) is 10.7 Å². The van der Waals surface area contributed by atoms with Gasteiger partial charge >= 0.3 is 10.2 Å². The van der Waals surface area contributed by atoms with Crippen LogP contribution >= 0.6 is 21.8 Å². The maximum absolute atomic E-state index is 15.1. The van der Waals surface area contributed by atoms with Crippen molar-refractivity contribution in [1.82, 2.24) is 4.90 Å². The van der Waals surface area contributed by atoms with Crippen LogP contribution in [0, 0.1) is 11.2 Å². The Hall–Kier alpha value is -2.60. The van der Waals surface area contributed by atoms with Crippen LogP contribution in [0.25, 0.3) is 0 Å². The summed E-state index contributed by atoms with van der Waals surface area (Å²) in [6.07, 6.45) is 0. The average molecular weight is 517 g/mol. The number of amidine groups is 1. The summed E-state index contributed by atoms with van der Waals surface area (Å²) in [5.41, 5.74) is -0.187. The Morgan fingerprint density at radius 3 is 2.30 bits per heavy atom. The standard InChI is InChI=1S/C20H19ClF6N2O3S/c1-3-31-16-7-11-9-29(20(28)17(11)18(22)19(16)32-4-2)10-15(30)13-6-5-12(8-14(13)21)33(23,24,25,26)27/h5-8,28H,3-4,9-10H2,1-2H3. The number of fused-ring (bicyclic) bond motifs is 1. The van der Waals surface area contributed by atoms with Gasteiger partial charge in [-0.3, -0.25) is 10.2 Å². The quantitative estimate of drug-likeness (QED) is 0.304. The third kappa shape index (κ3) is 5.01. The van der Waals surface area contributed by atoms with Crippen molar-refractivity contribution in [2.24, 2.45) is 0 Å². The molecule has 0 amide bonds. The van der Waals surface area contributed by atoms with Crippen LogP contribution in [0.3, 0.4) is 0 Å². The Morgan fingerprint density at radius 1 is 1.12 bits per heavy atom. The number of nitrogens with one attached hydrogen (secondary N) is 1. The molecule has 0 aromatic heterocycles. The number of Topliss-reactive ketones (excluding diaryl/α,β-unsaturated/α-hetero) is 1. The molecule has 0 saturated carbocycles. The maximum atomic E-state index is 15.1. The summed E-state index contributed by atoms with van der Waals surface area (Å²) in [5.74, 6) is -2.06. The zero-order chi connectivity index (χ0) is 24.8. The lowest BCUT2D eigenvalue weighted by molar-refractivity contribution is 0.0962. The highest BCUT2D eigenvalue weighted by molar-refractivity contribution is 8.45. The molecule has 0 spiro atoms. The van der Waals surface area contributed by atoms with Gasteiger partial charge < -0.3 is 14.4 Å². The molecule has 0 fully saturated rings. The number of ether oxygens (including phenoxy) is 2. The SMILES string of the molecule is CCOc1cc2c(c(F)c1OCC)C(=N)N(CC(=O)c1ccc(S(F)(F)(F)(F)F)cc1Cl)C2. The fraction of sp³-hybridized carbons (Fsp3) is 0.300. The molecule has 13 heteroatoms. The number of rotatable bonds is 8. The highest BCUT2D eigenvalue weighted by atomic mass is 35.5. The predicted molar refractivity (Wildman–Crippen MR) is 113 cm³/mol. The van der Waals surface area contributed by atoms with E-state index in [0.29, 0.717) is 11.6 Å². The Labute approximate surface area is 190 Å². The number of hydrogen-bond donors (Lipinski definition) is 1. The number of carbonyl (C=O) groups excluding carboxylic acids is 1. The highest BCUT2D eigenvalue weighted by Gasteiger charge is 2.65. The van der Waals surface area contributed by atoms with Gasteiger partial charge in [0.15, 0.2) is 23.1 Å². The van der Waals surface area contributed by atoms with Crippen LogP contribution in [-0.4, -0.2) is 36.3 Å². The van der Waals surface area contributed by atoms with E-state index < -0.39 is 43.9 Å². The average Bonchev–Trinajstić information content (AvgIpc) is 2.98. The Morgan fingerprint density at radius 2 is 1.76 bits per heavy atom. The van der Waals surface area contributed by atoms with E-state index in [0.717, 1.165) is 0 Å². The van der Waals surface area contributed by atoms with Gasteiger partial charge in [-0.1, -0.05) is 31.0 Å². The van der Waals surface area contributed by atoms with Crippen molar-refractivity contribution in [3.05, 3.63) is 51.8 Å². The van der Waals surface area contributed by atoms with Crippen molar-refractivity contribution in [3.8, 4) is 11.5 Å². The van der Waals surface area contributed by atoms with Gasteiger partial charge in [0.05, 0.1) is 30.3 Å². The summed E-state index contributed by atoms with van der Waals surface area (Å²) in [7, 11) is -9.96. The smallest absolute Gasteiger partial charge is 0.310 e. The summed E-state index contributed by atoms with van der Waals surface area (Å²) >= 11 is 5.70. The lowest BCUT2D eigenvalue weighted by atomic mass is 10.1. The molecule has 3 rings (SSSR count). The molecular weight excluding hydrogens is 498 g/mol. The first-order valence-electron chi connectivity index (χ1n) is 9.59. The van der Waals surface area contributed by atoms with Crippen LogP contribution in [0.1, 0.15) is 35.3 Å². The first kappa shape index (κ1) is 25.0. The number of halogens is 7. The normalized spacial score (nSPS) is 15.7. The number of benzene rings is 2. The minimum absolute atomic E-state index is 0.00277. The molecule has 0 unspecified atom stereocenters. The van der Waals surface area contributed by atoms with Gasteiger partial charge in [-0.25, -0.2) is 4.39 Å². The largest absolute Gasteiger partial charge is 0.490 e. The van der Waals surface area contributed by atoms with Crippen molar-refractivity contribution in [2.75, 3.05) is 19.8 Å². The summed E-state index contributed by atoms with van der Waals surface area (Å²) in [6, 6.07) is 2.14. The minimum Gasteiger partial charge on any atom is -0.490 e. The zero-order valence-corrected chi connectivity index (χ0v) is 18.9. The molecule has 182 valence electrons. The van der Waals surface area contributed by atoms with Crippen molar-refractivity contribution in [3.63, 3.8) is 0 Å². The molecule has 0 saturated heterocycles. The van der Waals surface area contributed by atoms with Crippen LogP contribution in [0.4, 0.5) is 23.8 Å². The molecule has 1 heterocycles. The van der Waals surface area contributed by atoms with Crippen LogP contribution in [0.5, 0.6) is 11.5 Å². The second-order valence-electron chi connectivity index (χ2n) is 7.16. The lowest BCUT2D eigenvalue weighted by Gasteiger charge is -2.40. The first-order valence-corrected chi connectivity index (χ1v) is 11.9. The van der Waals surface area contributed by atoms with E-state index in [1.807, 2.05) is 0 Å². The van der Waals surface area contributed by atoms with Crippen LogP contribution in [-0.2, 0) is 6.54 Å². The topological polar surface area (TPSA) is 62.6 Å². The predicted octanol–water partition coefficient (Wildman–Crippen LogP) is 6.96. The second-order valence-corrected chi connectivity index (χ2v) is 9.97. The van der Waals surface area contributed by atoms with Crippen LogP contribution < -0.4 is 9.47 Å². The number of hydrogen-bond acceptors (Lipinski definition) is 4. The Bertz CT molecular complexity index is 1160. The van der Waals surface area contributed by atoms with Crippen molar-refractivity contribution in [1.29, 1.82) is 5.41 Å². The van der Waals surface area contributed by atoms with Crippen molar-refractivity contribution in [2.45, 2.75) is 25.3 Å². The third-order valence-electron chi connectivity index (χ3n) is 4.79.